The van der Waals surface area contributed by atoms with Crippen LogP contribution in [0.3, 0.4) is 0 Å². The van der Waals surface area contributed by atoms with Crippen LogP contribution in [0.25, 0.3) is 11.1 Å². The van der Waals surface area contributed by atoms with Gasteiger partial charge in [-0.3, -0.25) is 19.9 Å². The zero-order valence-electron chi connectivity index (χ0n) is 22.1. The first-order chi connectivity index (χ1) is 19.3. The van der Waals surface area contributed by atoms with Crippen molar-refractivity contribution < 1.29 is 28.7 Å². The molecule has 3 aromatic rings. The van der Waals surface area contributed by atoms with Crippen LogP contribution in [-0.2, 0) is 16.9 Å². The molecule has 2 saturated heterocycles. The van der Waals surface area contributed by atoms with E-state index >= 15 is 0 Å². The molecule has 6 rings (SSSR count). The number of fused-ring (bicyclic) bond motifs is 2. The van der Waals surface area contributed by atoms with Crippen molar-refractivity contribution in [2.24, 2.45) is 5.16 Å². The lowest BCUT2D eigenvalue weighted by Gasteiger charge is -2.35. The number of methoxy groups -OCH3 is 1. The molecule has 0 radical (unpaired) electrons. The third-order valence-corrected chi connectivity index (χ3v) is 7.83. The van der Waals surface area contributed by atoms with Crippen molar-refractivity contribution in [1.82, 2.24) is 30.3 Å². The summed E-state index contributed by atoms with van der Waals surface area (Å²) in [4.78, 5) is 49.1. The van der Waals surface area contributed by atoms with E-state index in [0.29, 0.717) is 46.9 Å². The highest BCUT2D eigenvalue weighted by molar-refractivity contribution is 6.08. The highest BCUT2D eigenvalue weighted by Crippen LogP contribution is 2.35. The summed E-state index contributed by atoms with van der Waals surface area (Å²) in [6.45, 7) is 6.25. The predicted octanol–water partition coefficient (Wildman–Crippen LogP) is 1.30. The van der Waals surface area contributed by atoms with E-state index in [9.17, 15) is 19.6 Å². The molecule has 2 fully saturated rings. The number of amidine groups is 1. The molecule has 13 heteroatoms. The summed E-state index contributed by atoms with van der Waals surface area (Å²) in [5.41, 5.74) is 0.942. The molecule has 0 unspecified atom stereocenters. The molecule has 0 spiro atoms. The maximum Gasteiger partial charge on any atom is 0.322 e. The van der Waals surface area contributed by atoms with E-state index in [4.69, 9.17) is 9.15 Å². The summed E-state index contributed by atoms with van der Waals surface area (Å²) >= 11 is 0. The number of amides is 4. The minimum absolute atomic E-state index is 0.135. The number of carbonyl (C=O) groups is 3. The van der Waals surface area contributed by atoms with Crippen LogP contribution >= 0.6 is 0 Å². The number of benzene rings is 1. The normalized spacial score (nSPS) is 21.6. The van der Waals surface area contributed by atoms with Crippen LogP contribution in [0, 0.1) is 0 Å². The quantitative estimate of drug-likeness (QED) is 0.136. The van der Waals surface area contributed by atoms with Gasteiger partial charge in [-0.25, -0.2) is 4.79 Å². The predicted molar refractivity (Wildman–Crippen MR) is 142 cm³/mol. The molecule has 3 N–H and O–H groups in total. The molecule has 1 aromatic carbocycles. The summed E-state index contributed by atoms with van der Waals surface area (Å²) in [6.07, 6.45) is 1.58. The van der Waals surface area contributed by atoms with Gasteiger partial charge < -0.3 is 34.4 Å². The van der Waals surface area contributed by atoms with Gasteiger partial charge in [0.1, 0.15) is 17.0 Å². The Labute approximate surface area is 229 Å². The molecule has 1 atom stereocenters. The zero-order valence-corrected chi connectivity index (χ0v) is 22.1. The van der Waals surface area contributed by atoms with Gasteiger partial charge in [-0.05, 0) is 30.3 Å². The number of hydrogen-bond donors (Lipinski definition) is 3. The number of oxime groups is 1. The Kier molecular flexibility index (Phi) is 6.29. The lowest BCUT2D eigenvalue weighted by atomic mass is 9.95. The molecular weight excluding hydrogens is 518 g/mol. The van der Waals surface area contributed by atoms with Crippen LogP contribution in [0.1, 0.15) is 34.2 Å². The van der Waals surface area contributed by atoms with Crippen molar-refractivity contribution in [1.29, 1.82) is 0 Å². The van der Waals surface area contributed by atoms with Crippen molar-refractivity contribution in [2.45, 2.75) is 19.0 Å². The van der Waals surface area contributed by atoms with Gasteiger partial charge in [0.2, 0.25) is 0 Å². The molecular formula is C27H29N7O6. The van der Waals surface area contributed by atoms with Gasteiger partial charge in [0.05, 0.1) is 13.7 Å². The van der Waals surface area contributed by atoms with Crippen LogP contribution < -0.4 is 15.4 Å². The van der Waals surface area contributed by atoms with Gasteiger partial charge in [-0.1, -0.05) is 18.1 Å². The summed E-state index contributed by atoms with van der Waals surface area (Å²) in [7, 11) is 1.52. The Bertz CT molecular complexity index is 1540. The average Bonchev–Trinajstić information content (AvgIpc) is 3.62. The number of nitrogens with one attached hydrogen (secondary N) is 2. The summed E-state index contributed by atoms with van der Waals surface area (Å²) in [6, 6.07) is 7.82. The van der Waals surface area contributed by atoms with Crippen LogP contribution in [0.5, 0.6) is 5.75 Å². The minimum atomic E-state index is -1.66. The number of rotatable bonds is 6. The lowest BCUT2D eigenvalue weighted by Crippen LogP contribution is -2.52. The third-order valence-electron chi connectivity index (χ3n) is 7.83. The number of urea groups is 1. The van der Waals surface area contributed by atoms with Gasteiger partial charge >= 0.3 is 6.03 Å². The second-order valence-electron chi connectivity index (χ2n) is 10.1. The Morgan fingerprint density at radius 3 is 2.65 bits per heavy atom. The molecule has 0 saturated carbocycles. The number of furan rings is 1. The van der Waals surface area contributed by atoms with E-state index in [2.05, 4.69) is 32.6 Å². The minimum Gasteiger partial charge on any atom is -0.497 e. The van der Waals surface area contributed by atoms with Crippen molar-refractivity contribution in [3.05, 3.63) is 59.0 Å². The number of nitrogens with zero attached hydrogens (tertiary/aromatic N) is 5. The van der Waals surface area contributed by atoms with Crippen LogP contribution in [-0.4, -0.2) is 95.0 Å². The third kappa shape index (κ3) is 4.18. The molecule has 0 bridgehead atoms. The van der Waals surface area contributed by atoms with Crippen molar-refractivity contribution >= 4 is 34.8 Å². The SMILES string of the molecule is CCN1CCN(/C(=N/O)c2cnc3cc([C@]4(CN5Cc6ccc(OC)cc6C5=O)NC(=O)NC4=O)oc3c2)CC1. The van der Waals surface area contributed by atoms with Crippen molar-refractivity contribution in [2.75, 3.05) is 46.4 Å². The molecule has 2 aromatic heterocycles. The number of hydrogen-bond acceptors (Lipinski definition) is 9. The number of piperazine rings is 1. The number of imide groups is 1. The van der Waals surface area contributed by atoms with Crippen LogP contribution in [0.4, 0.5) is 4.79 Å². The van der Waals surface area contributed by atoms with Crippen molar-refractivity contribution in [3.8, 4) is 5.75 Å². The Morgan fingerprint density at radius 1 is 1.18 bits per heavy atom. The van der Waals surface area contributed by atoms with Gasteiger partial charge in [-0.2, -0.15) is 0 Å². The molecule has 13 nitrogen and oxygen atoms in total. The van der Waals surface area contributed by atoms with Gasteiger partial charge in [0, 0.05) is 56.1 Å². The number of likely N-dealkylation sites (N-methyl/N-ethyl adjacent to an activating group) is 1. The van der Waals surface area contributed by atoms with Gasteiger partial charge in [0.15, 0.2) is 17.0 Å². The number of aromatic nitrogens is 1. The van der Waals surface area contributed by atoms with E-state index in [-0.39, 0.29) is 24.8 Å². The van der Waals surface area contributed by atoms with Gasteiger partial charge in [-0.15, -0.1) is 0 Å². The standard InChI is InChI=1S/C27H29N7O6/c1-3-32-6-8-33(9-7-32)23(31-38)17-10-21-20(28-13-17)12-22(40-21)27(25(36)29-26(37)30-27)15-34-14-16-4-5-18(39-2)11-19(16)24(34)35/h4-5,10-13,38H,3,6-9,14-15H2,1-2H3,(H2,29,30,36,37)/b31-23+/t27-/m0/s1. The number of pyridine rings is 1. The fourth-order valence-electron chi connectivity index (χ4n) is 5.57. The van der Waals surface area contributed by atoms with Crippen molar-refractivity contribution in [3.63, 3.8) is 0 Å². The second-order valence-corrected chi connectivity index (χ2v) is 10.1. The van der Waals surface area contributed by atoms with Gasteiger partial charge in [0.25, 0.3) is 11.8 Å². The Hall–Kier alpha value is -4.65. The second kappa shape index (κ2) is 9.83. The molecule has 5 heterocycles. The lowest BCUT2D eigenvalue weighted by molar-refractivity contribution is -0.125. The topological polar surface area (TPSA) is 153 Å². The maximum atomic E-state index is 13.3. The molecule has 3 aliphatic heterocycles. The first kappa shape index (κ1) is 25.6. The molecule has 40 heavy (non-hydrogen) atoms. The van der Waals surface area contributed by atoms with E-state index in [1.807, 2.05) is 4.90 Å². The average molecular weight is 548 g/mol. The fourth-order valence-corrected chi connectivity index (χ4v) is 5.57. The number of ether oxygens (including phenoxy) is 1. The molecule has 0 aliphatic carbocycles. The van der Waals surface area contributed by atoms with Crippen LogP contribution in [0.2, 0.25) is 0 Å². The smallest absolute Gasteiger partial charge is 0.322 e. The first-order valence-electron chi connectivity index (χ1n) is 13.0. The summed E-state index contributed by atoms with van der Waals surface area (Å²) in [5, 5.41) is 18.3. The summed E-state index contributed by atoms with van der Waals surface area (Å²) in [5.74, 6) is 0.138. The highest BCUT2D eigenvalue weighted by atomic mass is 16.5. The van der Waals surface area contributed by atoms with E-state index < -0.39 is 17.5 Å². The highest BCUT2D eigenvalue weighted by Gasteiger charge is 2.53. The van der Waals surface area contributed by atoms with Crippen LogP contribution in [0.15, 0.2) is 46.1 Å². The molecule has 208 valence electrons. The van der Waals surface area contributed by atoms with E-state index in [0.717, 1.165) is 25.2 Å². The Balaban J connectivity index is 1.31. The monoisotopic (exact) mass is 547 g/mol. The van der Waals surface area contributed by atoms with E-state index in [1.54, 1.807) is 36.5 Å². The largest absolute Gasteiger partial charge is 0.497 e. The maximum absolute atomic E-state index is 13.3. The Morgan fingerprint density at radius 2 is 1.98 bits per heavy atom. The zero-order chi connectivity index (χ0) is 28.0. The number of carbonyl (C=O) groups excluding carboxylic acids is 3. The summed E-state index contributed by atoms with van der Waals surface area (Å²) < 4.78 is 11.4. The fraction of sp³-hybridized carbons (Fsp3) is 0.370. The molecule has 4 amide bonds. The van der Waals surface area contributed by atoms with E-state index in [1.165, 1.54) is 12.0 Å². The molecule has 3 aliphatic rings. The first-order valence-corrected chi connectivity index (χ1v) is 13.0.